The average molecular weight is 416 g/mol. The molecule has 0 saturated heterocycles. The van der Waals surface area contributed by atoms with Crippen LogP contribution < -0.4 is 11.1 Å². The predicted molar refractivity (Wildman–Crippen MR) is 106 cm³/mol. The summed E-state index contributed by atoms with van der Waals surface area (Å²) >= 11 is 0. The molecule has 0 aliphatic rings. The molecule has 1 amide bonds. The van der Waals surface area contributed by atoms with Gasteiger partial charge in [-0.15, -0.1) is 0 Å². The number of nitrogens with two attached hydrogens (primary N) is 1. The van der Waals surface area contributed by atoms with Gasteiger partial charge in [-0.25, -0.2) is 4.39 Å². The van der Waals surface area contributed by atoms with E-state index >= 15 is 0 Å². The lowest BCUT2D eigenvalue weighted by atomic mass is 10.0. The van der Waals surface area contributed by atoms with Gasteiger partial charge in [-0.1, -0.05) is 18.2 Å². The van der Waals surface area contributed by atoms with Crippen LogP contribution in [0.15, 0.2) is 71.5 Å². The Labute approximate surface area is 168 Å². The fourth-order valence-corrected chi connectivity index (χ4v) is 2.64. The number of pyridine rings is 1. The van der Waals surface area contributed by atoms with Crippen LogP contribution in [0.4, 0.5) is 17.6 Å². The number of fused-ring (bicyclic) bond motifs is 1. The number of hydrogen-bond donors (Lipinski definition) is 2. The van der Waals surface area contributed by atoms with Gasteiger partial charge in [0, 0.05) is 35.8 Å². The van der Waals surface area contributed by atoms with Gasteiger partial charge in [0.2, 0.25) is 0 Å². The molecule has 0 aliphatic heterocycles. The molecule has 0 unspecified atom stereocenters. The Balaban J connectivity index is 1.83. The summed E-state index contributed by atoms with van der Waals surface area (Å²) in [4.78, 5) is 20.3. The lowest BCUT2D eigenvalue weighted by Gasteiger charge is -2.09. The maximum absolute atomic E-state index is 13.1. The van der Waals surface area contributed by atoms with Crippen LogP contribution in [-0.4, -0.2) is 30.0 Å². The number of aromatic nitrogens is 1. The van der Waals surface area contributed by atoms with Crippen molar-refractivity contribution < 1.29 is 22.4 Å². The van der Waals surface area contributed by atoms with Gasteiger partial charge in [-0.2, -0.15) is 13.2 Å². The summed E-state index contributed by atoms with van der Waals surface area (Å²) in [6.45, 7) is 0. The quantitative estimate of drug-likeness (QED) is 0.381. The van der Waals surface area contributed by atoms with Crippen molar-refractivity contribution in [2.45, 2.75) is 6.18 Å². The maximum atomic E-state index is 13.1. The zero-order valence-corrected chi connectivity index (χ0v) is 15.7. The molecule has 3 N–H and O–H groups in total. The van der Waals surface area contributed by atoms with Gasteiger partial charge in [-0.05, 0) is 35.9 Å². The molecule has 0 aliphatic carbocycles. The highest BCUT2D eigenvalue weighted by atomic mass is 19.4. The monoisotopic (exact) mass is 416 g/mol. The number of aliphatic imine (C=N–C) groups is 1. The molecule has 1 aromatic heterocycles. The minimum atomic E-state index is -4.73. The lowest BCUT2D eigenvalue weighted by Crippen LogP contribution is -2.31. The van der Waals surface area contributed by atoms with E-state index in [4.69, 9.17) is 5.73 Å². The van der Waals surface area contributed by atoms with Crippen LogP contribution in [0.1, 0.15) is 10.4 Å². The molecule has 154 valence electrons. The molecule has 5 nitrogen and oxygen atoms in total. The lowest BCUT2D eigenvalue weighted by molar-refractivity contribution is -0.0925. The number of amidine groups is 1. The fourth-order valence-electron chi connectivity index (χ4n) is 2.64. The molecular formula is C21H16F4N4O. The van der Waals surface area contributed by atoms with Gasteiger partial charge in [0.05, 0.1) is 5.52 Å². The Bertz CT molecular complexity index is 1150. The highest BCUT2D eigenvalue weighted by Crippen LogP contribution is 2.24. The summed E-state index contributed by atoms with van der Waals surface area (Å²) < 4.78 is 50.8. The zero-order valence-electron chi connectivity index (χ0n) is 15.7. The van der Waals surface area contributed by atoms with Crippen molar-refractivity contribution >= 4 is 22.6 Å². The zero-order chi connectivity index (χ0) is 21.9. The largest absolute Gasteiger partial charge is 0.430 e. The highest BCUT2D eigenvalue weighted by molar-refractivity contribution is 6.11. The SMILES string of the molecule is CN=C(C=C(N)C(F)(F)F)NC(=O)c1ccc2cc(-c3ccc(F)cc3)cnc2c1. The number of carbonyl (C=O) groups excluding carboxylic acids is 1. The number of benzene rings is 2. The summed E-state index contributed by atoms with van der Waals surface area (Å²) in [6, 6.07) is 12.5. The van der Waals surface area contributed by atoms with E-state index in [1.807, 2.05) is 6.07 Å². The van der Waals surface area contributed by atoms with Crippen molar-refractivity contribution in [1.82, 2.24) is 10.3 Å². The first kappa shape index (κ1) is 21.0. The van der Waals surface area contributed by atoms with Crippen molar-refractivity contribution in [3.8, 4) is 11.1 Å². The summed E-state index contributed by atoms with van der Waals surface area (Å²) in [5, 5.41) is 3.02. The number of hydrogen-bond acceptors (Lipinski definition) is 4. The Morgan fingerprint density at radius 1 is 1.10 bits per heavy atom. The number of nitrogens with zero attached hydrogens (tertiary/aromatic N) is 2. The van der Waals surface area contributed by atoms with Crippen LogP contribution in [0.5, 0.6) is 0 Å². The van der Waals surface area contributed by atoms with Crippen LogP contribution in [0.2, 0.25) is 0 Å². The third-order valence-corrected chi connectivity index (χ3v) is 4.23. The molecule has 30 heavy (non-hydrogen) atoms. The van der Waals surface area contributed by atoms with E-state index in [1.165, 1.54) is 31.3 Å². The second-order valence-electron chi connectivity index (χ2n) is 6.30. The maximum Gasteiger partial charge on any atom is 0.430 e. The van der Waals surface area contributed by atoms with E-state index < -0.39 is 17.8 Å². The van der Waals surface area contributed by atoms with Crippen molar-refractivity contribution in [1.29, 1.82) is 0 Å². The van der Waals surface area contributed by atoms with Crippen LogP contribution in [0.3, 0.4) is 0 Å². The molecule has 0 fully saturated rings. The molecule has 2 aromatic carbocycles. The van der Waals surface area contributed by atoms with E-state index in [9.17, 15) is 22.4 Å². The first-order chi connectivity index (χ1) is 14.2. The van der Waals surface area contributed by atoms with E-state index in [0.717, 1.165) is 16.5 Å². The Kier molecular flexibility index (Phi) is 5.81. The van der Waals surface area contributed by atoms with E-state index in [1.54, 1.807) is 24.4 Å². The number of carbonyl (C=O) groups is 1. The van der Waals surface area contributed by atoms with Crippen molar-refractivity contribution in [3.63, 3.8) is 0 Å². The summed E-state index contributed by atoms with van der Waals surface area (Å²) in [7, 11) is 1.23. The number of nitrogens with one attached hydrogen (secondary N) is 1. The minimum Gasteiger partial charge on any atom is -0.395 e. The van der Waals surface area contributed by atoms with E-state index in [2.05, 4.69) is 15.3 Å². The van der Waals surface area contributed by atoms with Crippen molar-refractivity contribution in [2.24, 2.45) is 10.7 Å². The van der Waals surface area contributed by atoms with Gasteiger partial charge < -0.3 is 11.1 Å². The first-order valence-electron chi connectivity index (χ1n) is 8.65. The number of allylic oxidation sites excluding steroid dienone is 1. The predicted octanol–water partition coefficient (Wildman–Crippen LogP) is 4.20. The molecule has 1 heterocycles. The van der Waals surface area contributed by atoms with Gasteiger partial charge >= 0.3 is 6.18 Å². The smallest absolute Gasteiger partial charge is 0.395 e. The standard InChI is InChI=1S/C21H16F4N4O/c1-27-19(10-18(26)21(23,24)25)29-20(30)14-3-2-13-8-15(11-28-17(13)9-14)12-4-6-16(22)7-5-12/h2-11H,26H2,1H3,(H,27,29,30). The second-order valence-corrected chi connectivity index (χ2v) is 6.30. The summed E-state index contributed by atoms with van der Waals surface area (Å²) in [5.74, 6) is -1.33. The highest BCUT2D eigenvalue weighted by Gasteiger charge is 2.31. The molecule has 0 spiro atoms. The molecule has 3 aromatic rings. The van der Waals surface area contributed by atoms with E-state index in [-0.39, 0.29) is 17.2 Å². The van der Waals surface area contributed by atoms with Gasteiger partial charge in [0.25, 0.3) is 5.91 Å². The van der Waals surface area contributed by atoms with Gasteiger partial charge in [0.15, 0.2) is 0 Å². The second kappa shape index (κ2) is 8.32. The average Bonchev–Trinajstić information content (AvgIpc) is 2.72. The number of rotatable bonds is 3. The third-order valence-electron chi connectivity index (χ3n) is 4.23. The van der Waals surface area contributed by atoms with Crippen LogP contribution in [-0.2, 0) is 0 Å². The summed E-state index contributed by atoms with van der Waals surface area (Å²) in [5.41, 5.74) is 5.83. The van der Waals surface area contributed by atoms with Crippen molar-refractivity contribution in [3.05, 3.63) is 77.9 Å². The van der Waals surface area contributed by atoms with E-state index in [0.29, 0.717) is 11.6 Å². The van der Waals surface area contributed by atoms with Crippen LogP contribution >= 0.6 is 0 Å². The van der Waals surface area contributed by atoms with Gasteiger partial charge in [0.1, 0.15) is 17.3 Å². The molecule has 9 heteroatoms. The molecule has 0 bridgehead atoms. The van der Waals surface area contributed by atoms with Crippen molar-refractivity contribution in [2.75, 3.05) is 7.05 Å². The van der Waals surface area contributed by atoms with Crippen LogP contribution in [0, 0.1) is 5.82 Å². The van der Waals surface area contributed by atoms with Crippen LogP contribution in [0.25, 0.3) is 22.0 Å². The molecular weight excluding hydrogens is 400 g/mol. The minimum absolute atomic E-state index is 0.185. The third kappa shape index (κ3) is 4.80. The Morgan fingerprint density at radius 2 is 1.80 bits per heavy atom. The number of halogens is 4. The molecule has 0 radical (unpaired) electrons. The first-order valence-corrected chi connectivity index (χ1v) is 8.65. The number of alkyl halides is 3. The fraction of sp³-hybridized carbons (Fsp3) is 0.0952. The van der Waals surface area contributed by atoms with Gasteiger partial charge in [-0.3, -0.25) is 14.8 Å². The number of amides is 1. The Morgan fingerprint density at radius 3 is 2.43 bits per heavy atom. The Hall–Kier alpha value is -3.75. The molecule has 0 saturated carbocycles. The topological polar surface area (TPSA) is 80.4 Å². The summed E-state index contributed by atoms with van der Waals surface area (Å²) in [6.07, 6.45) is -2.59. The molecule has 3 rings (SSSR count). The normalized spacial score (nSPS) is 12.8. The molecule has 0 atom stereocenters.